The van der Waals surface area contributed by atoms with Crippen molar-refractivity contribution in [2.24, 2.45) is 28.6 Å². The van der Waals surface area contributed by atoms with E-state index < -0.39 is 5.60 Å². The van der Waals surface area contributed by atoms with Gasteiger partial charge >= 0.3 is 0 Å². The molecular formula is C27H35NO2S. The fraction of sp³-hybridized carbons (Fsp3) is 0.741. The summed E-state index contributed by atoms with van der Waals surface area (Å²) < 4.78 is 5.58. The minimum absolute atomic E-state index is 0.120. The summed E-state index contributed by atoms with van der Waals surface area (Å²) in [7, 11) is 0. The number of aromatic nitrogens is 1. The normalized spacial score (nSPS) is 44.5. The first-order valence-corrected chi connectivity index (χ1v) is 13.2. The molecule has 6 atom stereocenters. The van der Waals surface area contributed by atoms with Crippen molar-refractivity contribution in [3.05, 3.63) is 21.7 Å². The maximum absolute atomic E-state index is 11.2. The number of hydrogen-bond acceptors (Lipinski definition) is 4. The number of nitrogens with zero attached hydrogens (tertiary/aromatic N) is 1. The van der Waals surface area contributed by atoms with E-state index in [-0.39, 0.29) is 10.8 Å². The molecule has 1 aliphatic heterocycles. The smallest absolute Gasteiger partial charge is 0.130 e. The minimum Gasteiger partial charge on any atom is -0.381 e. The SMILES string of the molecule is C#C[C@]1(O)CC[C@H]2[C@@H]3CC=C4c5sc(C6CCOCC6)nc5CC[C@]4(C)[C@H]3CC[C@@]21C. The Bertz CT molecular complexity index is 968. The highest BCUT2D eigenvalue weighted by Gasteiger charge is 2.63. The molecule has 166 valence electrons. The van der Waals surface area contributed by atoms with Crippen molar-refractivity contribution >= 4 is 16.9 Å². The van der Waals surface area contributed by atoms with Gasteiger partial charge in [-0.2, -0.15) is 0 Å². The molecule has 0 unspecified atom stereocenters. The van der Waals surface area contributed by atoms with Crippen LogP contribution in [0.4, 0.5) is 0 Å². The maximum Gasteiger partial charge on any atom is 0.130 e. The Hall–Kier alpha value is -1.15. The van der Waals surface area contributed by atoms with Crippen molar-refractivity contribution in [3.63, 3.8) is 0 Å². The first-order valence-electron chi connectivity index (χ1n) is 12.4. The van der Waals surface area contributed by atoms with Gasteiger partial charge in [0.1, 0.15) is 5.60 Å². The second-order valence-corrected chi connectivity index (χ2v) is 12.4. The summed E-state index contributed by atoms with van der Waals surface area (Å²) in [5.74, 6) is 5.30. The molecule has 3 fully saturated rings. The number of aliphatic hydroxyl groups is 1. The number of ether oxygens (including phenoxy) is 1. The Morgan fingerprint density at radius 3 is 2.68 bits per heavy atom. The van der Waals surface area contributed by atoms with Crippen molar-refractivity contribution in [1.29, 1.82) is 0 Å². The van der Waals surface area contributed by atoms with Gasteiger partial charge in [0.15, 0.2) is 0 Å². The fourth-order valence-electron chi connectivity index (χ4n) is 8.27. The zero-order valence-corrected chi connectivity index (χ0v) is 19.8. The van der Waals surface area contributed by atoms with E-state index in [1.165, 1.54) is 28.4 Å². The van der Waals surface area contributed by atoms with Crippen LogP contribution in [0.2, 0.25) is 0 Å². The van der Waals surface area contributed by atoms with E-state index >= 15 is 0 Å². The molecule has 3 nitrogen and oxygen atoms in total. The van der Waals surface area contributed by atoms with Crippen LogP contribution in [-0.2, 0) is 11.2 Å². The van der Waals surface area contributed by atoms with Crippen LogP contribution in [0.15, 0.2) is 6.08 Å². The van der Waals surface area contributed by atoms with Crippen LogP contribution in [0.3, 0.4) is 0 Å². The van der Waals surface area contributed by atoms with E-state index in [1.807, 2.05) is 11.3 Å². The van der Waals surface area contributed by atoms with Crippen LogP contribution < -0.4 is 0 Å². The Labute approximate surface area is 190 Å². The molecule has 1 N–H and O–H groups in total. The highest BCUT2D eigenvalue weighted by molar-refractivity contribution is 7.13. The number of aryl methyl sites for hydroxylation is 1. The molecule has 4 heteroatoms. The summed E-state index contributed by atoms with van der Waals surface area (Å²) in [6, 6.07) is 0. The largest absolute Gasteiger partial charge is 0.381 e. The number of fused-ring (bicyclic) bond motifs is 7. The van der Waals surface area contributed by atoms with Gasteiger partial charge in [-0.25, -0.2) is 4.98 Å². The molecule has 1 aromatic heterocycles. The van der Waals surface area contributed by atoms with Crippen molar-refractivity contribution in [2.75, 3.05) is 13.2 Å². The third kappa shape index (κ3) is 2.69. The number of hydrogen-bond donors (Lipinski definition) is 1. The van der Waals surface area contributed by atoms with Gasteiger partial charge in [0.05, 0.1) is 15.6 Å². The van der Waals surface area contributed by atoms with Crippen molar-refractivity contribution in [3.8, 4) is 12.3 Å². The molecule has 31 heavy (non-hydrogen) atoms. The van der Waals surface area contributed by atoms with Gasteiger partial charge in [0.25, 0.3) is 0 Å². The van der Waals surface area contributed by atoms with Crippen LogP contribution in [0.1, 0.15) is 86.7 Å². The highest BCUT2D eigenvalue weighted by atomic mass is 32.1. The van der Waals surface area contributed by atoms with E-state index in [4.69, 9.17) is 16.1 Å². The van der Waals surface area contributed by atoms with Gasteiger partial charge in [0, 0.05) is 24.5 Å². The van der Waals surface area contributed by atoms with E-state index in [1.54, 1.807) is 5.57 Å². The summed E-state index contributed by atoms with van der Waals surface area (Å²) >= 11 is 1.99. The number of allylic oxidation sites excluding steroid dienone is 2. The lowest BCUT2D eigenvalue weighted by atomic mass is 9.47. The predicted molar refractivity (Wildman–Crippen MR) is 125 cm³/mol. The number of terminal acetylenes is 1. The number of rotatable bonds is 1. The van der Waals surface area contributed by atoms with Gasteiger partial charge < -0.3 is 9.84 Å². The molecule has 2 heterocycles. The summed E-state index contributed by atoms with van der Waals surface area (Å²) in [6.07, 6.45) is 18.2. The molecule has 2 saturated carbocycles. The van der Waals surface area contributed by atoms with Crippen LogP contribution in [-0.4, -0.2) is 28.9 Å². The lowest BCUT2D eigenvalue weighted by Gasteiger charge is -2.57. The zero-order chi connectivity index (χ0) is 21.4. The average Bonchev–Trinajstić information content (AvgIpc) is 3.33. The Balaban J connectivity index is 1.35. The summed E-state index contributed by atoms with van der Waals surface area (Å²) in [6.45, 7) is 6.58. The van der Waals surface area contributed by atoms with Gasteiger partial charge in [-0.15, -0.1) is 17.8 Å². The first-order chi connectivity index (χ1) is 14.9. The van der Waals surface area contributed by atoms with Crippen LogP contribution >= 0.6 is 11.3 Å². The molecule has 4 aliphatic carbocycles. The molecule has 5 aliphatic rings. The van der Waals surface area contributed by atoms with Gasteiger partial charge in [0.2, 0.25) is 0 Å². The quantitative estimate of drug-likeness (QED) is 0.583. The molecule has 0 bridgehead atoms. The van der Waals surface area contributed by atoms with Crippen molar-refractivity contribution in [2.45, 2.75) is 83.2 Å². The highest BCUT2D eigenvalue weighted by Crippen LogP contribution is 2.68. The third-order valence-corrected chi connectivity index (χ3v) is 11.6. The molecule has 0 amide bonds. The lowest BCUT2D eigenvalue weighted by molar-refractivity contribution is -0.0886. The Morgan fingerprint density at radius 1 is 1.13 bits per heavy atom. The Morgan fingerprint density at radius 2 is 1.90 bits per heavy atom. The fourth-order valence-corrected chi connectivity index (χ4v) is 9.73. The number of thiazole rings is 1. The monoisotopic (exact) mass is 437 g/mol. The van der Waals surface area contributed by atoms with E-state index in [0.717, 1.165) is 58.2 Å². The molecule has 0 radical (unpaired) electrons. The second-order valence-electron chi connectivity index (χ2n) is 11.4. The lowest BCUT2D eigenvalue weighted by Crippen LogP contribution is -2.53. The van der Waals surface area contributed by atoms with Crippen molar-refractivity contribution in [1.82, 2.24) is 4.98 Å². The second kappa shape index (κ2) is 6.92. The van der Waals surface area contributed by atoms with Gasteiger partial charge in [-0.1, -0.05) is 25.8 Å². The molecular weight excluding hydrogens is 402 g/mol. The Kier molecular flexibility index (Phi) is 4.57. The van der Waals surface area contributed by atoms with Crippen LogP contribution in [0.25, 0.3) is 5.57 Å². The van der Waals surface area contributed by atoms with Gasteiger partial charge in [-0.05, 0) is 86.5 Å². The van der Waals surface area contributed by atoms with Crippen molar-refractivity contribution < 1.29 is 9.84 Å². The minimum atomic E-state index is -0.913. The topological polar surface area (TPSA) is 42.4 Å². The molecule has 6 rings (SSSR count). The van der Waals surface area contributed by atoms with E-state index in [2.05, 4.69) is 25.8 Å². The van der Waals surface area contributed by atoms with Crippen LogP contribution in [0, 0.1) is 40.9 Å². The maximum atomic E-state index is 11.2. The van der Waals surface area contributed by atoms with E-state index in [9.17, 15) is 5.11 Å². The standard InChI is InChI=1S/C27H35NO2S/c1-4-27(29)14-8-20-18-5-6-21-23-22(28-24(31-23)17-10-15-30-16-11-17)9-12-25(21,2)19(18)7-13-26(20,27)3/h1,6,17-20,29H,5,7-16H2,2-3H3/t18-,19+,20+,25-,26+,27+/m1/s1. The molecule has 1 aromatic rings. The zero-order valence-electron chi connectivity index (χ0n) is 19.0. The summed E-state index contributed by atoms with van der Waals surface area (Å²) in [4.78, 5) is 6.66. The average molecular weight is 438 g/mol. The van der Waals surface area contributed by atoms with E-state index in [0.29, 0.717) is 23.7 Å². The van der Waals surface area contributed by atoms with Gasteiger partial charge in [-0.3, -0.25) is 0 Å². The molecule has 0 spiro atoms. The first kappa shape index (κ1) is 20.5. The summed E-state index contributed by atoms with van der Waals surface area (Å²) in [5, 5.41) is 12.6. The summed E-state index contributed by atoms with van der Waals surface area (Å²) in [5.41, 5.74) is 2.17. The molecule has 0 aromatic carbocycles. The third-order valence-electron chi connectivity index (χ3n) is 10.3. The molecule has 1 saturated heterocycles. The predicted octanol–water partition coefficient (Wildman–Crippen LogP) is 5.58. The van der Waals surface area contributed by atoms with Crippen LogP contribution in [0.5, 0.6) is 0 Å².